The molecule has 1 aliphatic rings. The maximum atomic E-state index is 10.5. The predicted molar refractivity (Wildman–Crippen MR) is 76.8 cm³/mol. The molecule has 1 aromatic rings. The first-order chi connectivity index (χ1) is 8.50. The van der Waals surface area contributed by atoms with Crippen LogP contribution in [0, 0.1) is 11.3 Å². The van der Waals surface area contributed by atoms with E-state index < -0.39 is 0 Å². The number of hydrogen-bond donors (Lipinski definition) is 1. The van der Waals surface area contributed by atoms with Gasteiger partial charge in [-0.15, -0.1) is 0 Å². The summed E-state index contributed by atoms with van der Waals surface area (Å²) in [7, 11) is 2.11. The molecule has 1 aliphatic carbocycles. The molecule has 1 N–H and O–H groups in total. The van der Waals surface area contributed by atoms with Crippen LogP contribution < -0.4 is 4.90 Å². The third-order valence-electron chi connectivity index (χ3n) is 4.35. The lowest BCUT2D eigenvalue weighted by Gasteiger charge is -2.42. The summed E-state index contributed by atoms with van der Waals surface area (Å²) < 4.78 is 0. The average molecular weight is 247 g/mol. The van der Waals surface area contributed by atoms with Gasteiger partial charge in [0.05, 0.1) is 6.10 Å². The summed E-state index contributed by atoms with van der Waals surface area (Å²) in [4.78, 5) is 2.26. The predicted octanol–water partition coefficient (Wildman–Crippen LogP) is 3.31. The molecule has 2 rings (SSSR count). The topological polar surface area (TPSA) is 23.5 Å². The first-order valence-electron chi connectivity index (χ1n) is 6.95. The number of aliphatic hydroxyl groups is 1. The normalized spacial score (nSPS) is 26.9. The van der Waals surface area contributed by atoms with Gasteiger partial charge in [-0.25, -0.2) is 0 Å². The number of aliphatic hydroxyl groups excluding tert-OH is 1. The average Bonchev–Trinajstić information content (AvgIpc) is 2.36. The van der Waals surface area contributed by atoms with E-state index in [2.05, 4.69) is 50.1 Å². The Morgan fingerprint density at radius 3 is 2.61 bits per heavy atom. The summed E-state index contributed by atoms with van der Waals surface area (Å²) in [5, 5.41) is 10.5. The third-order valence-corrected chi connectivity index (χ3v) is 4.35. The van der Waals surface area contributed by atoms with Crippen molar-refractivity contribution in [2.45, 2.75) is 39.2 Å². The number of hydrogen-bond acceptors (Lipinski definition) is 2. The minimum absolute atomic E-state index is 0.0699. The molecule has 1 fully saturated rings. The molecular formula is C16H25NO. The van der Waals surface area contributed by atoms with Crippen molar-refractivity contribution in [3.05, 3.63) is 30.3 Å². The Morgan fingerprint density at radius 1 is 1.28 bits per heavy atom. The second-order valence-electron chi connectivity index (χ2n) is 6.30. The highest BCUT2D eigenvalue weighted by Gasteiger charge is 2.37. The fourth-order valence-corrected chi connectivity index (χ4v) is 3.09. The zero-order chi connectivity index (χ0) is 13.2. The third kappa shape index (κ3) is 2.86. The monoisotopic (exact) mass is 247 g/mol. The molecule has 0 amide bonds. The van der Waals surface area contributed by atoms with Crippen LogP contribution in [-0.4, -0.2) is 24.8 Å². The Hall–Kier alpha value is -1.02. The number of nitrogens with zero attached hydrogens (tertiary/aromatic N) is 1. The van der Waals surface area contributed by atoms with Crippen molar-refractivity contribution >= 4 is 5.69 Å². The zero-order valence-electron chi connectivity index (χ0n) is 11.8. The van der Waals surface area contributed by atoms with Gasteiger partial charge >= 0.3 is 0 Å². The molecule has 2 unspecified atom stereocenters. The van der Waals surface area contributed by atoms with Crippen LogP contribution >= 0.6 is 0 Å². The van der Waals surface area contributed by atoms with E-state index in [1.165, 1.54) is 12.1 Å². The van der Waals surface area contributed by atoms with Crippen molar-refractivity contribution in [1.29, 1.82) is 0 Å². The van der Waals surface area contributed by atoms with Gasteiger partial charge in [0.1, 0.15) is 0 Å². The standard InChI is InChI=1S/C16H25NO/c1-16(2)11-7-8-13(15(16)18)12-17(3)14-9-5-4-6-10-14/h4-6,9-10,13,15,18H,7-8,11-12H2,1-3H3. The number of anilines is 1. The highest BCUT2D eigenvalue weighted by Crippen LogP contribution is 2.39. The van der Waals surface area contributed by atoms with Gasteiger partial charge in [0.25, 0.3) is 0 Å². The number of benzene rings is 1. The van der Waals surface area contributed by atoms with Crippen molar-refractivity contribution in [3.63, 3.8) is 0 Å². The molecule has 0 aromatic heterocycles. The van der Waals surface area contributed by atoms with Gasteiger partial charge in [-0.1, -0.05) is 38.5 Å². The molecule has 0 saturated heterocycles. The van der Waals surface area contributed by atoms with Gasteiger partial charge in [0.15, 0.2) is 0 Å². The van der Waals surface area contributed by atoms with E-state index in [0.29, 0.717) is 5.92 Å². The largest absolute Gasteiger partial charge is 0.392 e. The van der Waals surface area contributed by atoms with Crippen LogP contribution in [0.4, 0.5) is 5.69 Å². The summed E-state index contributed by atoms with van der Waals surface area (Å²) in [5.41, 5.74) is 1.30. The summed E-state index contributed by atoms with van der Waals surface area (Å²) in [6, 6.07) is 10.4. The molecule has 1 saturated carbocycles. The smallest absolute Gasteiger partial charge is 0.0636 e. The highest BCUT2D eigenvalue weighted by molar-refractivity contribution is 5.45. The zero-order valence-corrected chi connectivity index (χ0v) is 11.8. The number of rotatable bonds is 3. The Balaban J connectivity index is 2.01. The van der Waals surface area contributed by atoms with Gasteiger partial charge in [0, 0.05) is 25.2 Å². The van der Waals surface area contributed by atoms with Crippen LogP contribution in [0.5, 0.6) is 0 Å². The van der Waals surface area contributed by atoms with E-state index in [1.54, 1.807) is 0 Å². The molecule has 18 heavy (non-hydrogen) atoms. The van der Waals surface area contributed by atoms with Crippen LogP contribution in [0.1, 0.15) is 33.1 Å². The maximum Gasteiger partial charge on any atom is 0.0636 e. The molecule has 0 aliphatic heterocycles. The van der Waals surface area contributed by atoms with Crippen LogP contribution in [-0.2, 0) is 0 Å². The summed E-state index contributed by atoms with van der Waals surface area (Å²) in [6.45, 7) is 5.31. The maximum absolute atomic E-state index is 10.5. The molecule has 2 heteroatoms. The van der Waals surface area contributed by atoms with Gasteiger partial charge in [-0.05, 0) is 30.4 Å². The van der Waals surface area contributed by atoms with E-state index in [-0.39, 0.29) is 11.5 Å². The van der Waals surface area contributed by atoms with E-state index in [9.17, 15) is 5.11 Å². The van der Waals surface area contributed by atoms with Gasteiger partial charge in [0.2, 0.25) is 0 Å². The summed E-state index contributed by atoms with van der Waals surface area (Å²) >= 11 is 0. The molecule has 1 aromatic carbocycles. The lowest BCUT2D eigenvalue weighted by molar-refractivity contribution is -0.0290. The van der Waals surface area contributed by atoms with Crippen LogP contribution in [0.3, 0.4) is 0 Å². The summed E-state index contributed by atoms with van der Waals surface area (Å²) in [5.74, 6) is 0.388. The molecule has 0 bridgehead atoms. The summed E-state index contributed by atoms with van der Waals surface area (Å²) in [6.07, 6.45) is 3.33. The molecule has 0 spiro atoms. The first kappa shape index (κ1) is 13.4. The fourth-order valence-electron chi connectivity index (χ4n) is 3.09. The van der Waals surface area contributed by atoms with Crippen LogP contribution in [0.15, 0.2) is 30.3 Å². The van der Waals surface area contributed by atoms with Crippen molar-refractivity contribution < 1.29 is 5.11 Å². The first-order valence-corrected chi connectivity index (χ1v) is 6.95. The van der Waals surface area contributed by atoms with E-state index in [4.69, 9.17) is 0 Å². The quantitative estimate of drug-likeness (QED) is 0.886. The van der Waals surface area contributed by atoms with Crippen molar-refractivity contribution in [2.24, 2.45) is 11.3 Å². The Bertz CT molecular complexity index is 374. The van der Waals surface area contributed by atoms with E-state index in [1.807, 2.05) is 6.07 Å². The molecule has 0 heterocycles. The second kappa shape index (κ2) is 5.31. The van der Waals surface area contributed by atoms with Gasteiger partial charge in [-0.3, -0.25) is 0 Å². The SMILES string of the molecule is CN(CC1CCCC(C)(C)C1O)c1ccccc1. The minimum atomic E-state index is -0.183. The number of para-hydroxylation sites is 1. The van der Waals surface area contributed by atoms with Crippen LogP contribution in [0.2, 0.25) is 0 Å². The van der Waals surface area contributed by atoms with E-state index in [0.717, 1.165) is 19.4 Å². The fraction of sp³-hybridized carbons (Fsp3) is 0.625. The molecular weight excluding hydrogens is 222 g/mol. The van der Waals surface area contributed by atoms with Crippen molar-refractivity contribution in [3.8, 4) is 0 Å². The lowest BCUT2D eigenvalue weighted by atomic mass is 9.69. The van der Waals surface area contributed by atoms with Gasteiger partial charge < -0.3 is 10.0 Å². The Labute approximate surface area is 111 Å². The van der Waals surface area contributed by atoms with Crippen molar-refractivity contribution in [2.75, 3.05) is 18.5 Å². The van der Waals surface area contributed by atoms with Gasteiger partial charge in [-0.2, -0.15) is 0 Å². The Morgan fingerprint density at radius 2 is 1.94 bits per heavy atom. The molecule has 2 nitrogen and oxygen atoms in total. The lowest BCUT2D eigenvalue weighted by Crippen LogP contribution is -2.44. The minimum Gasteiger partial charge on any atom is -0.392 e. The molecule has 100 valence electrons. The van der Waals surface area contributed by atoms with E-state index >= 15 is 0 Å². The highest BCUT2D eigenvalue weighted by atomic mass is 16.3. The molecule has 2 atom stereocenters. The van der Waals surface area contributed by atoms with Crippen molar-refractivity contribution in [1.82, 2.24) is 0 Å². The Kier molecular flexibility index (Phi) is 3.96. The second-order valence-corrected chi connectivity index (χ2v) is 6.30. The van der Waals surface area contributed by atoms with Crippen LogP contribution in [0.25, 0.3) is 0 Å². The molecule has 0 radical (unpaired) electrons.